The number of hydrogen-bond donors (Lipinski definition) is 1. The monoisotopic (exact) mass is 428 g/mol. The Morgan fingerprint density at radius 1 is 1.00 bits per heavy atom. The van der Waals surface area contributed by atoms with Crippen molar-refractivity contribution in [2.45, 2.75) is 32.6 Å². The normalized spacial score (nSPS) is 14.1. The summed E-state index contributed by atoms with van der Waals surface area (Å²) in [6.45, 7) is 3.95. The van der Waals surface area contributed by atoms with Crippen molar-refractivity contribution in [3.8, 4) is 17.0 Å². The van der Waals surface area contributed by atoms with Crippen LogP contribution in [0.15, 0.2) is 59.4 Å². The fourth-order valence-electron chi connectivity index (χ4n) is 4.57. The van der Waals surface area contributed by atoms with Crippen LogP contribution in [0, 0.1) is 6.92 Å². The van der Waals surface area contributed by atoms with Crippen LogP contribution in [-0.2, 0) is 6.42 Å². The Labute approximate surface area is 187 Å². The Morgan fingerprint density at radius 3 is 2.41 bits per heavy atom. The number of fused-ring (bicyclic) bond motifs is 1. The summed E-state index contributed by atoms with van der Waals surface area (Å²) < 4.78 is 6.82. The number of ether oxygens (including phenoxy) is 1. The van der Waals surface area contributed by atoms with E-state index in [0.717, 1.165) is 71.1 Å². The molecule has 4 aromatic rings. The summed E-state index contributed by atoms with van der Waals surface area (Å²) in [7, 11) is 1.65. The topological polar surface area (TPSA) is 62.6 Å². The van der Waals surface area contributed by atoms with Gasteiger partial charge in [0.25, 0.3) is 5.56 Å². The van der Waals surface area contributed by atoms with E-state index in [-0.39, 0.29) is 5.56 Å². The van der Waals surface area contributed by atoms with Gasteiger partial charge >= 0.3 is 0 Å². The molecule has 164 valence electrons. The minimum absolute atomic E-state index is 0.0625. The predicted molar refractivity (Wildman–Crippen MR) is 128 cm³/mol. The number of rotatable bonds is 5. The first-order valence-electron chi connectivity index (χ1n) is 11.2. The maximum atomic E-state index is 13.6. The molecule has 5 rings (SSSR count). The molecule has 0 atom stereocenters. The summed E-state index contributed by atoms with van der Waals surface area (Å²) >= 11 is 0. The lowest BCUT2D eigenvalue weighted by atomic mass is 10.0. The third-order valence-electron chi connectivity index (χ3n) is 6.33. The molecule has 0 bridgehead atoms. The summed E-state index contributed by atoms with van der Waals surface area (Å²) in [6.07, 6.45) is 4.10. The molecule has 1 aliphatic heterocycles. The van der Waals surface area contributed by atoms with Crippen molar-refractivity contribution in [2.75, 3.05) is 25.1 Å². The van der Waals surface area contributed by atoms with E-state index in [1.807, 2.05) is 49.4 Å². The van der Waals surface area contributed by atoms with Gasteiger partial charge in [0.05, 0.1) is 7.11 Å². The summed E-state index contributed by atoms with van der Waals surface area (Å²) in [4.78, 5) is 19.5. The number of benzene rings is 2. The Hall–Kier alpha value is -3.54. The van der Waals surface area contributed by atoms with Gasteiger partial charge in [-0.15, -0.1) is 0 Å². The van der Waals surface area contributed by atoms with Crippen LogP contribution in [0.3, 0.4) is 0 Å². The van der Waals surface area contributed by atoms with E-state index in [0.29, 0.717) is 6.42 Å². The standard InChI is InChI=1S/C26H28N4O2/c1-18-22(17-19-11-13-21(32-2)14-12-19)26(31)30-25(27-18)24(29-15-7-4-8-16-29)23(28-30)20-9-5-3-6-10-20/h3,5-6,9-14,27H,4,7-8,15-17H2,1-2H3. The number of nitrogens with zero attached hydrogens (tertiary/aromatic N) is 3. The lowest BCUT2D eigenvalue weighted by molar-refractivity contribution is 0.414. The highest BCUT2D eigenvalue weighted by Crippen LogP contribution is 2.34. The maximum absolute atomic E-state index is 13.6. The highest BCUT2D eigenvalue weighted by molar-refractivity contribution is 5.86. The number of hydrogen-bond acceptors (Lipinski definition) is 4. The van der Waals surface area contributed by atoms with Crippen LogP contribution < -0.4 is 15.2 Å². The van der Waals surface area contributed by atoms with Crippen LogP contribution in [0.4, 0.5) is 5.69 Å². The molecule has 2 aromatic heterocycles. The summed E-state index contributed by atoms with van der Waals surface area (Å²) in [5.74, 6) is 0.806. The Bertz CT molecular complexity index is 1280. The zero-order chi connectivity index (χ0) is 22.1. The molecule has 0 radical (unpaired) electrons. The molecule has 0 amide bonds. The van der Waals surface area contributed by atoms with E-state index >= 15 is 0 Å². The molecule has 3 heterocycles. The van der Waals surface area contributed by atoms with Crippen molar-refractivity contribution in [1.82, 2.24) is 14.6 Å². The smallest absolute Gasteiger partial charge is 0.278 e. The Kier molecular flexibility index (Phi) is 5.43. The van der Waals surface area contributed by atoms with Crippen molar-refractivity contribution < 1.29 is 4.74 Å². The van der Waals surface area contributed by atoms with Crippen molar-refractivity contribution >= 4 is 11.3 Å². The van der Waals surface area contributed by atoms with Gasteiger partial charge < -0.3 is 14.6 Å². The van der Waals surface area contributed by atoms with Gasteiger partial charge in [0.1, 0.15) is 17.1 Å². The second kappa shape index (κ2) is 8.54. The van der Waals surface area contributed by atoms with Crippen LogP contribution in [0.1, 0.15) is 36.1 Å². The number of methoxy groups -OCH3 is 1. The molecular formula is C26H28N4O2. The Morgan fingerprint density at radius 2 is 1.72 bits per heavy atom. The molecular weight excluding hydrogens is 400 g/mol. The van der Waals surface area contributed by atoms with Crippen molar-refractivity contribution in [3.05, 3.63) is 81.8 Å². The molecule has 0 spiro atoms. The minimum atomic E-state index is -0.0625. The first-order chi connectivity index (χ1) is 15.7. The first-order valence-corrected chi connectivity index (χ1v) is 11.2. The summed E-state index contributed by atoms with van der Waals surface area (Å²) in [5, 5.41) is 4.84. The Balaban J connectivity index is 1.65. The van der Waals surface area contributed by atoms with E-state index < -0.39 is 0 Å². The van der Waals surface area contributed by atoms with Crippen molar-refractivity contribution in [3.63, 3.8) is 0 Å². The van der Waals surface area contributed by atoms with Gasteiger partial charge in [-0.25, -0.2) is 0 Å². The lowest BCUT2D eigenvalue weighted by Gasteiger charge is -2.28. The highest BCUT2D eigenvalue weighted by Gasteiger charge is 2.25. The van der Waals surface area contributed by atoms with Gasteiger partial charge in [0, 0.05) is 36.3 Å². The van der Waals surface area contributed by atoms with Crippen LogP contribution in [0.2, 0.25) is 0 Å². The molecule has 1 N–H and O–H groups in total. The zero-order valence-electron chi connectivity index (χ0n) is 18.6. The van der Waals surface area contributed by atoms with Crippen LogP contribution >= 0.6 is 0 Å². The molecule has 1 saturated heterocycles. The first kappa shape index (κ1) is 20.4. The minimum Gasteiger partial charge on any atom is -0.497 e. The molecule has 1 aliphatic rings. The van der Waals surface area contributed by atoms with E-state index in [1.54, 1.807) is 11.6 Å². The van der Waals surface area contributed by atoms with Crippen molar-refractivity contribution in [1.29, 1.82) is 0 Å². The van der Waals surface area contributed by atoms with Gasteiger partial charge in [-0.3, -0.25) is 4.79 Å². The van der Waals surface area contributed by atoms with Crippen LogP contribution in [0.25, 0.3) is 16.9 Å². The predicted octanol–water partition coefficient (Wildman–Crippen LogP) is 4.59. The largest absolute Gasteiger partial charge is 0.497 e. The van der Waals surface area contributed by atoms with E-state index in [1.165, 1.54) is 6.42 Å². The van der Waals surface area contributed by atoms with E-state index in [2.05, 4.69) is 22.0 Å². The number of anilines is 1. The number of nitrogens with one attached hydrogen (secondary N) is 1. The molecule has 6 nitrogen and oxygen atoms in total. The molecule has 0 aliphatic carbocycles. The second-order valence-electron chi connectivity index (χ2n) is 8.43. The zero-order valence-corrected chi connectivity index (χ0v) is 18.6. The third-order valence-corrected chi connectivity index (χ3v) is 6.33. The average Bonchev–Trinajstić information content (AvgIpc) is 3.22. The quantitative estimate of drug-likeness (QED) is 0.505. The summed E-state index contributed by atoms with van der Waals surface area (Å²) in [5.41, 5.74) is 6.32. The fraction of sp³-hybridized carbons (Fsp3) is 0.308. The molecule has 0 saturated carbocycles. The van der Waals surface area contributed by atoms with Gasteiger partial charge in [0.15, 0.2) is 5.65 Å². The molecule has 2 aromatic carbocycles. The number of piperidine rings is 1. The number of aromatic amines is 1. The van der Waals surface area contributed by atoms with E-state index in [4.69, 9.17) is 9.84 Å². The van der Waals surface area contributed by atoms with E-state index in [9.17, 15) is 4.79 Å². The molecule has 32 heavy (non-hydrogen) atoms. The SMILES string of the molecule is COc1ccc(Cc2c(C)[nH]c3c(N4CCCCC4)c(-c4ccccc4)nn3c2=O)cc1. The van der Waals surface area contributed by atoms with Crippen LogP contribution in [-0.4, -0.2) is 34.8 Å². The lowest BCUT2D eigenvalue weighted by Crippen LogP contribution is -2.30. The second-order valence-corrected chi connectivity index (χ2v) is 8.43. The van der Waals surface area contributed by atoms with Gasteiger partial charge in [-0.2, -0.15) is 9.61 Å². The summed E-state index contributed by atoms with van der Waals surface area (Å²) in [6, 6.07) is 18.0. The number of aryl methyl sites for hydroxylation is 1. The van der Waals surface area contributed by atoms with Crippen LogP contribution in [0.5, 0.6) is 5.75 Å². The van der Waals surface area contributed by atoms with Crippen molar-refractivity contribution in [2.24, 2.45) is 0 Å². The average molecular weight is 429 g/mol. The third kappa shape index (κ3) is 3.66. The highest BCUT2D eigenvalue weighted by atomic mass is 16.5. The van der Waals surface area contributed by atoms with Gasteiger partial charge in [0.2, 0.25) is 0 Å². The van der Waals surface area contributed by atoms with Gasteiger partial charge in [-0.1, -0.05) is 42.5 Å². The molecule has 6 heteroatoms. The number of aromatic nitrogens is 3. The van der Waals surface area contributed by atoms with Gasteiger partial charge in [-0.05, 0) is 43.9 Å². The molecule has 1 fully saturated rings. The number of H-pyrrole nitrogens is 1. The fourth-order valence-corrected chi connectivity index (χ4v) is 4.57. The maximum Gasteiger partial charge on any atom is 0.278 e. The molecule has 0 unspecified atom stereocenters.